The first-order chi connectivity index (χ1) is 30.6. The number of hydrogen-bond donors (Lipinski definition) is 3. The summed E-state index contributed by atoms with van der Waals surface area (Å²) in [6, 6.07) is 38.6. The van der Waals surface area contributed by atoms with Crippen molar-refractivity contribution in [1.29, 1.82) is 0 Å². The van der Waals surface area contributed by atoms with Crippen LogP contribution < -0.4 is 16.4 Å². The molecule has 6 heterocycles. The van der Waals surface area contributed by atoms with Gasteiger partial charge in [0.15, 0.2) is 0 Å². The number of para-hydroxylation sites is 4. The molecule has 3 N–H and O–H groups in total. The van der Waals surface area contributed by atoms with Crippen LogP contribution in [0, 0.1) is 0 Å². The van der Waals surface area contributed by atoms with Crippen LogP contribution >= 0.6 is 34.8 Å². The number of nitrogens with zero attached hydrogens (tertiary/aromatic N) is 5. The third-order valence-corrected chi connectivity index (χ3v) is 13.3. The largest absolute Gasteiger partial charge is 0.385 e. The lowest BCUT2D eigenvalue weighted by atomic mass is 9.84. The number of rotatable bonds is 9. The molecule has 0 amide bonds. The van der Waals surface area contributed by atoms with Crippen molar-refractivity contribution in [1.82, 2.24) is 28.2 Å². The van der Waals surface area contributed by atoms with Gasteiger partial charge in [-0.15, -0.1) is 11.6 Å². The number of hydrogen-bond acceptors (Lipinski definition) is 6. The number of nitrogens with one attached hydrogen (secondary N) is 1. The van der Waals surface area contributed by atoms with Crippen molar-refractivity contribution in [2.75, 3.05) is 38.6 Å². The molecule has 4 aromatic heterocycles. The average molecular weight is 908 g/mol. The second kappa shape index (κ2) is 19.9. The van der Waals surface area contributed by atoms with Gasteiger partial charge in [-0.05, 0) is 142 Å². The Morgan fingerprint density at radius 1 is 0.508 bits per heavy atom. The fourth-order valence-electron chi connectivity index (χ4n) is 9.02. The zero-order valence-corrected chi connectivity index (χ0v) is 37.4. The standard InChI is InChI=1S/C25H26ClN3O2.C14H13ClN2O.C11H14ClNO/c26-20-10-8-19(9-11-20)25(31)12-17-27(18-13-25)14-4-16-29-22-6-2-1-5-21(22)28-15-3-7-23(28)24(29)30;15-8-4-10-17-12-6-2-1-5-11(12)16-9-3-7-13(16)14(17)18;12-10-3-1-9(2-4-10)11(14)5-7-13-8-6-11/h1-3,5-11,15,31H,4,12-14,16-18H2;1-3,5-7,9H,4,8,10H2;1-4,13-14H,5-8H2. The first-order valence-electron chi connectivity index (χ1n) is 21.7. The highest BCUT2D eigenvalue weighted by atomic mass is 35.5. The molecule has 0 unspecified atom stereocenters. The van der Waals surface area contributed by atoms with Crippen LogP contribution in [0.3, 0.4) is 0 Å². The lowest BCUT2D eigenvalue weighted by Gasteiger charge is -2.38. The fraction of sp³-hybridized carbons (Fsp3) is 0.320. The van der Waals surface area contributed by atoms with E-state index in [9.17, 15) is 19.8 Å². The molecule has 0 bridgehead atoms. The summed E-state index contributed by atoms with van der Waals surface area (Å²) >= 11 is 17.5. The zero-order chi connectivity index (χ0) is 44.0. The number of aromatic nitrogens is 4. The molecule has 2 aliphatic rings. The summed E-state index contributed by atoms with van der Waals surface area (Å²) in [6.45, 7) is 5.67. The molecule has 2 fully saturated rings. The molecule has 328 valence electrons. The van der Waals surface area contributed by atoms with Gasteiger partial charge in [-0.25, -0.2) is 0 Å². The zero-order valence-electron chi connectivity index (χ0n) is 35.2. The van der Waals surface area contributed by atoms with E-state index in [2.05, 4.69) is 16.3 Å². The Hall–Kier alpha value is -4.91. The number of fused-ring (bicyclic) bond motifs is 6. The van der Waals surface area contributed by atoms with Crippen molar-refractivity contribution < 1.29 is 10.2 Å². The predicted molar refractivity (Wildman–Crippen MR) is 257 cm³/mol. The van der Waals surface area contributed by atoms with Gasteiger partial charge in [-0.3, -0.25) is 9.59 Å². The van der Waals surface area contributed by atoms with E-state index in [4.69, 9.17) is 34.8 Å². The van der Waals surface area contributed by atoms with Crippen molar-refractivity contribution in [2.45, 2.75) is 62.8 Å². The van der Waals surface area contributed by atoms with Gasteiger partial charge in [0.1, 0.15) is 11.0 Å². The molecule has 10 rings (SSSR count). The van der Waals surface area contributed by atoms with E-state index < -0.39 is 11.2 Å². The molecular weight excluding hydrogens is 855 g/mol. The van der Waals surface area contributed by atoms with Gasteiger partial charge in [-0.1, -0.05) is 71.7 Å². The minimum absolute atomic E-state index is 0.0452. The molecule has 2 saturated heterocycles. The van der Waals surface area contributed by atoms with Gasteiger partial charge < -0.3 is 38.4 Å². The summed E-state index contributed by atoms with van der Waals surface area (Å²) in [5.74, 6) is 0.562. The number of aryl methyl sites for hydroxylation is 2. The van der Waals surface area contributed by atoms with Crippen LogP contribution in [-0.2, 0) is 24.3 Å². The molecule has 13 heteroatoms. The molecule has 8 aromatic rings. The van der Waals surface area contributed by atoms with E-state index in [0.29, 0.717) is 52.9 Å². The smallest absolute Gasteiger partial charge is 0.275 e. The Bertz CT molecular complexity index is 2910. The summed E-state index contributed by atoms with van der Waals surface area (Å²) in [4.78, 5) is 27.8. The minimum atomic E-state index is -0.783. The average Bonchev–Trinajstić information content (AvgIpc) is 4.02. The Balaban J connectivity index is 0.000000143. The lowest BCUT2D eigenvalue weighted by molar-refractivity contribution is -0.0261. The van der Waals surface area contributed by atoms with Crippen molar-refractivity contribution in [3.8, 4) is 0 Å². The second-order valence-electron chi connectivity index (χ2n) is 16.5. The van der Waals surface area contributed by atoms with Gasteiger partial charge in [0.2, 0.25) is 0 Å². The van der Waals surface area contributed by atoms with Crippen molar-refractivity contribution in [3.05, 3.63) is 176 Å². The highest BCUT2D eigenvalue weighted by molar-refractivity contribution is 6.30. The number of benzene rings is 4. The molecular formula is C50H53Cl3N6O4. The molecule has 0 radical (unpaired) electrons. The molecule has 2 aliphatic heterocycles. The summed E-state index contributed by atoms with van der Waals surface area (Å²) < 4.78 is 7.62. The van der Waals surface area contributed by atoms with E-state index in [1.807, 2.05) is 146 Å². The van der Waals surface area contributed by atoms with E-state index in [-0.39, 0.29) is 11.1 Å². The summed E-state index contributed by atoms with van der Waals surface area (Å²) in [5, 5.41) is 26.1. The number of likely N-dealkylation sites (tertiary alicyclic amines) is 1. The van der Waals surface area contributed by atoms with E-state index in [0.717, 1.165) is 91.6 Å². The molecule has 10 nitrogen and oxygen atoms in total. The van der Waals surface area contributed by atoms with E-state index in [1.165, 1.54) is 0 Å². The molecule has 0 aliphatic carbocycles. The first-order valence-corrected chi connectivity index (χ1v) is 23.0. The number of halogens is 3. The van der Waals surface area contributed by atoms with Crippen LogP contribution in [0.25, 0.3) is 33.1 Å². The van der Waals surface area contributed by atoms with E-state index in [1.54, 1.807) is 0 Å². The monoisotopic (exact) mass is 906 g/mol. The van der Waals surface area contributed by atoms with Crippen LogP contribution in [0.5, 0.6) is 0 Å². The van der Waals surface area contributed by atoms with Gasteiger partial charge in [0.05, 0.1) is 33.3 Å². The second-order valence-corrected chi connectivity index (χ2v) is 17.7. The first kappa shape index (κ1) is 44.7. The summed E-state index contributed by atoms with van der Waals surface area (Å²) in [5.41, 5.74) is 6.02. The van der Waals surface area contributed by atoms with Crippen LogP contribution in [0.1, 0.15) is 49.7 Å². The Kier molecular flexibility index (Phi) is 14.1. The highest BCUT2D eigenvalue weighted by Crippen LogP contribution is 2.34. The third-order valence-electron chi connectivity index (χ3n) is 12.5. The molecule has 63 heavy (non-hydrogen) atoms. The minimum Gasteiger partial charge on any atom is -0.385 e. The van der Waals surface area contributed by atoms with Gasteiger partial charge in [-0.2, -0.15) is 0 Å². The summed E-state index contributed by atoms with van der Waals surface area (Å²) in [6.07, 6.45) is 8.50. The van der Waals surface area contributed by atoms with Crippen LogP contribution in [0.15, 0.2) is 143 Å². The highest BCUT2D eigenvalue weighted by Gasteiger charge is 2.34. The quantitative estimate of drug-likeness (QED) is 0.125. The van der Waals surface area contributed by atoms with Crippen LogP contribution in [-0.4, -0.2) is 71.7 Å². The SMILES string of the molecule is O=c1c2cccn2c2ccccc2n1CCCCl.O=c1c2cccn2c2ccccc2n1CCCN1CCC(O)(c2ccc(Cl)cc2)CC1.OC1(c2ccc(Cl)cc2)CCNCC1. The van der Waals surface area contributed by atoms with E-state index >= 15 is 0 Å². The fourth-order valence-corrected chi connectivity index (χ4v) is 9.39. The maximum atomic E-state index is 13.0. The Morgan fingerprint density at radius 2 is 0.921 bits per heavy atom. The Morgan fingerprint density at radius 3 is 1.38 bits per heavy atom. The van der Waals surface area contributed by atoms with Gasteiger partial charge >= 0.3 is 0 Å². The van der Waals surface area contributed by atoms with Crippen LogP contribution in [0.4, 0.5) is 0 Å². The van der Waals surface area contributed by atoms with Gasteiger partial charge in [0, 0.05) is 54.5 Å². The number of alkyl halides is 1. The van der Waals surface area contributed by atoms with Gasteiger partial charge in [0.25, 0.3) is 11.1 Å². The number of piperidine rings is 2. The summed E-state index contributed by atoms with van der Waals surface area (Å²) in [7, 11) is 0. The molecule has 0 atom stereocenters. The lowest BCUT2D eigenvalue weighted by Crippen LogP contribution is -2.43. The topological polar surface area (TPSA) is 109 Å². The molecule has 0 spiro atoms. The Labute approximate surface area is 381 Å². The van der Waals surface area contributed by atoms with Crippen LogP contribution in [0.2, 0.25) is 10.0 Å². The normalized spacial score (nSPS) is 16.1. The van der Waals surface area contributed by atoms with Crippen molar-refractivity contribution >= 4 is 67.9 Å². The maximum absolute atomic E-state index is 13.0. The maximum Gasteiger partial charge on any atom is 0.275 e. The van der Waals surface area contributed by atoms with Crippen molar-refractivity contribution in [2.24, 2.45) is 0 Å². The number of aliphatic hydroxyl groups is 2. The van der Waals surface area contributed by atoms with Crippen molar-refractivity contribution in [3.63, 3.8) is 0 Å². The molecule has 4 aromatic carbocycles. The molecule has 0 saturated carbocycles. The third kappa shape index (κ3) is 9.78. The predicted octanol–water partition coefficient (Wildman–Crippen LogP) is 9.08.